The van der Waals surface area contributed by atoms with Crippen molar-refractivity contribution in [2.24, 2.45) is 5.14 Å². The molecule has 0 aliphatic rings. The monoisotopic (exact) mass is 206 g/mol. The van der Waals surface area contributed by atoms with Crippen molar-refractivity contribution < 1.29 is 8.42 Å². The molecular weight excluding hydrogens is 200 g/mol. The summed E-state index contributed by atoms with van der Waals surface area (Å²) in [5, 5.41) is 5.15. The summed E-state index contributed by atoms with van der Waals surface area (Å²) in [5.74, 6) is 0. The van der Waals surface area contributed by atoms with Gasteiger partial charge in [-0.15, -0.1) is 0 Å². The number of hydrogen-bond acceptors (Lipinski definition) is 3. The minimum atomic E-state index is -3.67. The molecule has 0 atom stereocenters. The number of primary sulfonamides is 1. The summed E-state index contributed by atoms with van der Waals surface area (Å²) in [5.41, 5.74) is 0.310. The molecule has 0 amide bonds. The second-order valence-corrected chi connectivity index (χ2v) is 4.18. The Balaban J connectivity index is 3.39. The third-order valence-electron chi connectivity index (χ3n) is 1.31. The van der Waals surface area contributed by atoms with Gasteiger partial charge in [0.2, 0.25) is 10.0 Å². The summed E-state index contributed by atoms with van der Waals surface area (Å²) in [6.07, 6.45) is 0. The van der Waals surface area contributed by atoms with E-state index in [0.29, 0.717) is 5.69 Å². The molecule has 0 aromatic carbocycles. The zero-order valence-electron chi connectivity index (χ0n) is 6.28. The second kappa shape index (κ2) is 3.01. The van der Waals surface area contributed by atoms with Gasteiger partial charge in [0.1, 0.15) is 10.0 Å². The Morgan fingerprint density at radius 2 is 2.08 bits per heavy atom. The van der Waals surface area contributed by atoms with Gasteiger partial charge in [0.15, 0.2) is 0 Å². The maximum Gasteiger partial charge on any atom is 0.239 e. The van der Waals surface area contributed by atoms with Crippen LogP contribution in [0.25, 0.3) is 0 Å². The maximum absolute atomic E-state index is 10.9. The van der Waals surface area contributed by atoms with E-state index in [1.807, 2.05) is 0 Å². The van der Waals surface area contributed by atoms with E-state index < -0.39 is 10.0 Å². The van der Waals surface area contributed by atoms with Crippen molar-refractivity contribution in [3.63, 3.8) is 0 Å². The highest BCUT2D eigenvalue weighted by molar-refractivity contribution is 7.89. The summed E-state index contributed by atoms with van der Waals surface area (Å²) in [7, 11) is -3.67. The molecule has 12 heavy (non-hydrogen) atoms. The molecular formula is C6H7ClN2O2S. The summed E-state index contributed by atoms with van der Waals surface area (Å²) < 4.78 is 21.7. The van der Waals surface area contributed by atoms with E-state index in [0.717, 1.165) is 0 Å². The van der Waals surface area contributed by atoms with Crippen LogP contribution in [-0.4, -0.2) is 13.4 Å². The van der Waals surface area contributed by atoms with Crippen molar-refractivity contribution in [2.75, 3.05) is 0 Å². The number of rotatable bonds is 1. The smallest absolute Gasteiger partial charge is 0.239 e. The van der Waals surface area contributed by atoms with Gasteiger partial charge in [-0.1, -0.05) is 11.6 Å². The fraction of sp³-hybridized carbons (Fsp3) is 0.167. The summed E-state index contributed by atoms with van der Waals surface area (Å²) in [6.45, 7) is 1.53. The van der Waals surface area contributed by atoms with Crippen molar-refractivity contribution >= 4 is 21.6 Å². The van der Waals surface area contributed by atoms with E-state index in [1.54, 1.807) is 0 Å². The van der Waals surface area contributed by atoms with Crippen molar-refractivity contribution in [2.45, 2.75) is 11.8 Å². The molecule has 0 fully saturated rings. The van der Waals surface area contributed by atoms with Gasteiger partial charge >= 0.3 is 0 Å². The molecule has 0 spiro atoms. The second-order valence-electron chi connectivity index (χ2n) is 2.26. The Morgan fingerprint density at radius 1 is 1.50 bits per heavy atom. The van der Waals surface area contributed by atoms with Crippen molar-refractivity contribution in [3.05, 3.63) is 23.0 Å². The van der Waals surface area contributed by atoms with Crippen LogP contribution in [0.4, 0.5) is 0 Å². The lowest BCUT2D eigenvalue weighted by molar-refractivity contribution is 0.596. The van der Waals surface area contributed by atoms with Gasteiger partial charge in [0, 0.05) is 0 Å². The van der Waals surface area contributed by atoms with Crippen LogP contribution in [0.1, 0.15) is 5.69 Å². The van der Waals surface area contributed by atoms with Crippen molar-refractivity contribution in [1.29, 1.82) is 0 Å². The Hall–Kier alpha value is -0.650. The molecule has 1 heterocycles. The minimum absolute atomic E-state index is 0.00639. The highest BCUT2D eigenvalue weighted by atomic mass is 35.5. The van der Waals surface area contributed by atoms with Crippen molar-refractivity contribution in [3.8, 4) is 0 Å². The Labute approximate surface area is 75.4 Å². The first-order valence-corrected chi connectivity index (χ1v) is 4.99. The minimum Gasteiger partial charge on any atom is -0.240 e. The lowest BCUT2D eigenvalue weighted by atomic mass is 10.4. The molecule has 1 aromatic heterocycles. The molecule has 0 saturated heterocycles. The number of nitrogens with zero attached hydrogens (tertiary/aromatic N) is 1. The predicted molar refractivity (Wildman–Crippen MR) is 45.4 cm³/mol. The van der Waals surface area contributed by atoms with Crippen LogP contribution in [0.2, 0.25) is 5.15 Å². The van der Waals surface area contributed by atoms with Crippen LogP contribution in [0.3, 0.4) is 0 Å². The van der Waals surface area contributed by atoms with Gasteiger partial charge in [-0.05, 0) is 19.1 Å². The average molecular weight is 207 g/mol. The van der Waals surface area contributed by atoms with Crippen LogP contribution < -0.4 is 5.14 Å². The molecule has 0 unspecified atom stereocenters. The van der Waals surface area contributed by atoms with Crippen LogP contribution in [0.15, 0.2) is 17.0 Å². The Bertz CT molecular complexity index is 402. The Kier molecular flexibility index (Phi) is 2.36. The lowest BCUT2D eigenvalue weighted by Gasteiger charge is -2.01. The van der Waals surface area contributed by atoms with Gasteiger partial charge in [-0.3, -0.25) is 0 Å². The molecule has 2 N–H and O–H groups in total. The Morgan fingerprint density at radius 3 is 2.50 bits per heavy atom. The summed E-state index contributed by atoms with van der Waals surface area (Å²) in [6, 6.07) is 2.72. The summed E-state index contributed by atoms with van der Waals surface area (Å²) in [4.78, 5) is 3.75. The number of hydrogen-bond donors (Lipinski definition) is 1. The normalized spacial score (nSPS) is 11.6. The molecule has 1 rings (SSSR count). The first kappa shape index (κ1) is 9.44. The molecule has 1 aromatic rings. The van der Waals surface area contributed by atoms with Gasteiger partial charge in [-0.25, -0.2) is 18.5 Å². The van der Waals surface area contributed by atoms with Gasteiger partial charge < -0.3 is 0 Å². The number of pyridine rings is 1. The molecule has 0 radical (unpaired) electrons. The highest BCUT2D eigenvalue weighted by Gasteiger charge is 2.11. The lowest BCUT2D eigenvalue weighted by Crippen LogP contribution is -2.14. The summed E-state index contributed by atoms with van der Waals surface area (Å²) >= 11 is 5.52. The fourth-order valence-corrected chi connectivity index (χ4v) is 1.72. The third-order valence-corrected chi connectivity index (χ3v) is 2.56. The van der Waals surface area contributed by atoms with Gasteiger partial charge in [0.05, 0.1) is 5.69 Å². The molecule has 0 bridgehead atoms. The number of aryl methyl sites for hydroxylation is 1. The van der Waals surface area contributed by atoms with Gasteiger partial charge in [0.25, 0.3) is 0 Å². The van der Waals surface area contributed by atoms with Crippen molar-refractivity contribution in [1.82, 2.24) is 4.98 Å². The molecule has 4 nitrogen and oxygen atoms in total. The van der Waals surface area contributed by atoms with E-state index in [-0.39, 0.29) is 10.0 Å². The van der Waals surface area contributed by atoms with Crippen LogP contribution in [-0.2, 0) is 10.0 Å². The SMILES string of the molecule is Cc1nc(Cl)ccc1S(N)(=O)=O. The van der Waals surface area contributed by atoms with E-state index in [1.165, 1.54) is 19.1 Å². The third kappa shape index (κ3) is 1.94. The van der Waals surface area contributed by atoms with E-state index in [9.17, 15) is 8.42 Å². The fourth-order valence-electron chi connectivity index (χ4n) is 0.818. The van der Waals surface area contributed by atoms with E-state index in [4.69, 9.17) is 16.7 Å². The number of sulfonamides is 1. The molecule has 0 saturated carbocycles. The maximum atomic E-state index is 10.9. The number of aromatic nitrogens is 1. The van der Waals surface area contributed by atoms with E-state index >= 15 is 0 Å². The number of halogens is 1. The zero-order chi connectivity index (χ0) is 9.35. The van der Waals surface area contributed by atoms with E-state index in [2.05, 4.69) is 4.98 Å². The highest BCUT2D eigenvalue weighted by Crippen LogP contribution is 2.13. The van der Waals surface area contributed by atoms with Crippen LogP contribution in [0.5, 0.6) is 0 Å². The van der Waals surface area contributed by atoms with Crippen LogP contribution >= 0.6 is 11.6 Å². The average Bonchev–Trinajstić information content (AvgIpc) is 1.83. The first-order chi connectivity index (χ1) is 5.41. The largest absolute Gasteiger partial charge is 0.240 e. The zero-order valence-corrected chi connectivity index (χ0v) is 7.85. The first-order valence-electron chi connectivity index (χ1n) is 3.07. The molecule has 66 valence electrons. The molecule has 0 aliphatic carbocycles. The van der Waals surface area contributed by atoms with Gasteiger partial charge in [-0.2, -0.15) is 0 Å². The predicted octanol–water partition coefficient (Wildman–Crippen LogP) is 0.691. The molecule has 0 aliphatic heterocycles. The standard InChI is InChI=1S/C6H7ClN2O2S/c1-4-5(12(8,10)11)2-3-6(7)9-4/h2-3H,1H3,(H2,8,10,11). The molecule has 6 heteroatoms. The quantitative estimate of drug-likeness (QED) is 0.688. The topological polar surface area (TPSA) is 73.0 Å². The number of nitrogens with two attached hydrogens (primary N) is 1. The van der Waals surface area contributed by atoms with Crippen LogP contribution in [0, 0.1) is 6.92 Å².